The molecule has 1 aromatic rings. The third-order valence-corrected chi connectivity index (χ3v) is 5.72. The monoisotopic (exact) mass is 384 g/mol. The first kappa shape index (κ1) is 19.8. The molecule has 25 heavy (non-hydrogen) atoms. The Kier molecular flexibility index (Phi) is 6.90. The van der Waals surface area contributed by atoms with Crippen molar-refractivity contribution in [3.05, 3.63) is 40.9 Å². The molecule has 1 aliphatic carbocycles. The van der Waals surface area contributed by atoms with Crippen LogP contribution >= 0.6 is 11.6 Å². The number of nitrogens with zero attached hydrogens (tertiary/aromatic N) is 1. The van der Waals surface area contributed by atoms with Crippen molar-refractivity contribution in [2.45, 2.75) is 45.1 Å². The molecule has 0 fully saturated rings. The Morgan fingerprint density at radius 3 is 2.48 bits per heavy atom. The first-order valence-corrected chi connectivity index (χ1v) is 10.8. The van der Waals surface area contributed by atoms with Gasteiger partial charge in [0, 0.05) is 11.6 Å². The maximum absolute atomic E-state index is 12.7. The number of rotatable bonds is 7. The van der Waals surface area contributed by atoms with E-state index in [1.54, 1.807) is 31.2 Å². The molecule has 0 bridgehead atoms. The zero-order valence-corrected chi connectivity index (χ0v) is 16.2. The van der Waals surface area contributed by atoms with E-state index in [9.17, 15) is 13.2 Å². The summed E-state index contributed by atoms with van der Waals surface area (Å²) >= 11 is 5.89. The fourth-order valence-electron chi connectivity index (χ4n) is 3.03. The highest BCUT2D eigenvalue weighted by molar-refractivity contribution is 7.92. The number of nitrogens with one attached hydrogen (secondary N) is 1. The van der Waals surface area contributed by atoms with Crippen LogP contribution in [0.25, 0.3) is 0 Å². The number of amides is 1. The van der Waals surface area contributed by atoms with Crippen molar-refractivity contribution < 1.29 is 13.2 Å². The Bertz CT molecular complexity index is 729. The lowest BCUT2D eigenvalue weighted by Gasteiger charge is -2.30. The average Bonchev–Trinajstić information content (AvgIpc) is 2.58. The van der Waals surface area contributed by atoms with E-state index in [0.29, 0.717) is 23.7 Å². The summed E-state index contributed by atoms with van der Waals surface area (Å²) < 4.78 is 25.8. The Morgan fingerprint density at radius 1 is 1.28 bits per heavy atom. The number of anilines is 1. The smallest absolute Gasteiger partial charge is 0.244 e. The summed E-state index contributed by atoms with van der Waals surface area (Å²) in [5.41, 5.74) is 1.65. The topological polar surface area (TPSA) is 66.5 Å². The van der Waals surface area contributed by atoms with Gasteiger partial charge in [-0.25, -0.2) is 8.42 Å². The summed E-state index contributed by atoms with van der Waals surface area (Å²) in [7, 11) is -3.62. The molecule has 0 aliphatic heterocycles. The highest BCUT2D eigenvalue weighted by atomic mass is 35.5. The van der Waals surface area contributed by atoms with Crippen LogP contribution in [0.1, 0.15) is 39.0 Å². The lowest BCUT2D eigenvalue weighted by atomic mass is 9.99. The summed E-state index contributed by atoms with van der Waals surface area (Å²) in [6.07, 6.45) is 8.01. The molecule has 0 radical (unpaired) electrons. The number of halogens is 1. The number of benzene rings is 1. The molecule has 1 aliphatic rings. The Morgan fingerprint density at radius 2 is 1.96 bits per heavy atom. The summed E-state index contributed by atoms with van der Waals surface area (Å²) in [6.45, 7) is 2.28. The average molecular weight is 385 g/mol. The minimum Gasteiger partial charge on any atom is -0.351 e. The number of sulfonamides is 1. The number of carbonyl (C=O) groups is 1. The number of carbonyl (C=O) groups excluding carboxylic acids is 1. The van der Waals surface area contributed by atoms with Crippen LogP contribution in [0.2, 0.25) is 5.02 Å². The van der Waals surface area contributed by atoms with Crippen LogP contribution in [0.4, 0.5) is 5.69 Å². The van der Waals surface area contributed by atoms with E-state index in [0.717, 1.165) is 25.5 Å². The van der Waals surface area contributed by atoms with Gasteiger partial charge in [0.15, 0.2) is 0 Å². The van der Waals surface area contributed by atoms with Gasteiger partial charge in [0.1, 0.15) is 6.04 Å². The first-order valence-electron chi connectivity index (χ1n) is 8.53. The van der Waals surface area contributed by atoms with Gasteiger partial charge in [0.2, 0.25) is 15.9 Å². The first-order chi connectivity index (χ1) is 11.8. The molecule has 0 heterocycles. The van der Waals surface area contributed by atoms with E-state index in [4.69, 9.17) is 11.6 Å². The van der Waals surface area contributed by atoms with Crippen LogP contribution in [0.3, 0.4) is 0 Å². The van der Waals surface area contributed by atoms with Crippen molar-refractivity contribution in [2.24, 2.45) is 0 Å². The van der Waals surface area contributed by atoms with Gasteiger partial charge in [-0.1, -0.05) is 30.2 Å². The highest BCUT2D eigenvalue weighted by Crippen LogP contribution is 2.24. The van der Waals surface area contributed by atoms with Gasteiger partial charge in [-0.05, 0) is 56.4 Å². The quantitative estimate of drug-likeness (QED) is 0.731. The van der Waals surface area contributed by atoms with E-state index < -0.39 is 16.1 Å². The molecule has 7 heteroatoms. The maximum atomic E-state index is 12.7. The molecule has 138 valence electrons. The molecule has 0 aromatic heterocycles. The molecule has 1 atom stereocenters. The largest absolute Gasteiger partial charge is 0.351 e. The van der Waals surface area contributed by atoms with Crippen molar-refractivity contribution in [1.29, 1.82) is 0 Å². The third-order valence-electron chi connectivity index (χ3n) is 4.29. The second-order valence-corrected chi connectivity index (χ2v) is 8.58. The highest BCUT2D eigenvalue weighted by Gasteiger charge is 2.31. The van der Waals surface area contributed by atoms with Gasteiger partial charge in [-0.2, -0.15) is 0 Å². The molecule has 1 amide bonds. The predicted molar refractivity (Wildman–Crippen MR) is 102 cm³/mol. The van der Waals surface area contributed by atoms with Gasteiger partial charge in [-0.3, -0.25) is 9.10 Å². The number of hydrogen-bond acceptors (Lipinski definition) is 3. The molecular weight excluding hydrogens is 360 g/mol. The molecule has 5 nitrogen and oxygen atoms in total. The summed E-state index contributed by atoms with van der Waals surface area (Å²) in [6, 6.07) is 5.67. The minimum atomic E-state index is -3.62. The molecule has 0 spiro atoms. The van der Waals surface area contributed by atoms with Gasteiger partial charge in [0.25, 0.3) is 0 Å². The lowest BCUT2D eigenvalue weighted by Crippen LogP contribution is -2.49. The normalized spacial score (nSPS) is 16.0. The van der Waals surface area contributed by atoms with E-state index in [1.165, 1.54) is 16.3 Å². The van der Waals surface area contributed by atoms with Crippen LogP contribution in [-0.2, 0) is 14.8 Å². The Hall–Kier alpha value is -1.53. The van der Waals surface area contributed by atoms with Crippen LogP contribution < -0.4 is 9.62 Å². The SMILES string of the molecule is CC[C@@H](C(=O)NCC1=CCCCC1)N(c1ccc(Cl)cc1)S(C)(=O)=O. The van der Waals surface area contributed by atoms with E-state index in [2.05, 4.69) is 11.4 Å². The van der Waals surface area contributed by atoms with Crippen LogP contribution in [0.15, 0.2) is 35.9 Å². The zero-order chi connectivity index (χ0) is 18.4. The molecule has 1 aromatic carbocycles. The molecule has 0 unspecified atom stereocenters. The number of hydrogen-bond donors (Lipinski definition) is 1. The fourth-order valence-corrected chi connectivity index (χ4v) is 4.37. The standard InChI is InChI=1S/C18H25ClN2O3S/c1-3-17(18(22)20-13-14-7-5-4-6-8-14)21(25(2,23)24)16-11-9-15(19)10-12-16/h7,9-12,17H,3-6,8,13H2,1-2H3,(H,20,22)/t17-/m0/s1. The zero-order valence-electron chi connectivity index (χ0n) is 14.7. The van der Waals surface area contributed by atoms with Crippen molar-refractivity contribution >= 4 is 33.2 Å². The summed E-state index contributed by atoms with van der Waals surface area (Å²) in [4.78, 5) is 12.7. The predicted octanol–water partition coefficient (Wildman–Crippen LogP) is 3.50. The lowest BCUT2D eigenvalue weighted by molar-refractivity contribution is -0.122. The summed E-state index contributed by atoms with van der Waals surface area (Å²) in [5, 5.41) is 3.41. The molecule has 0 saturated heterocycles. The third kappa shape index (κ3) is 5.47. The van der Waals surface area contributed by atoms with E-state index in [1.807, 2.05) is 0 Å². The second-order valence-electron chi connectivity index (χ2n) is 6.29. The Balaban J connectivity index is 2.19. The maximum Gasteiger partial charge on any atom is 0.244 e. The molecule has 0 saturated carbocycles. The van der Waals surface area contributed by atoms with Gasteiger partial charge < -0.3 is 5.32 Å². The second kappa shape index (κ2) is 8.72. The molecule has 2 rings (SSSR count). The van der Waals surface area contributed by atoms with E-state index >= 15 is 0 Å². The number of allylic oxidation sites excluding steroid dienone is 1. The fraction of sp³-hybridized carbons (Fsp3) is 0.500. The van der Waals surface area contributed by atoms with Crippen LogP contribution in [0.5, 0.6) is 0 Å². The Labute approximate surface area is 155 Å². The van der Waals surface area contributed by atoms with Crippen LogP contribution in [-0.4, -0.2) is 33.2 Å². The van der Waals surface area contributed by atoms with Crippen molar-refractivity contribution in [3.8, 4) is 0 Å². The molecule has 1 N–H and O–H groups in total. The van der Waals surface area contributed by atoms with Gasteiger partial charge in [0.05, 0.1) is 11.9 Å². The summed E-state index contributed by atoms with van der Waals surface area (Å²) in [5.74, 6) is -0.283. The van der Waals surface area contributed by atoms with Crippen molar-refractivity contribution in [3.63, 3.8) is 0 Å². The van der Waals surface area contributed by atoms with Gasteiger partial charge >= 0.3 is 0 Å². The minimum absolute atomic E-state index is 0.283. The van der Waals surface area contributed by atoms with Crippen molar-refractivity contribution in [2.75, 3.05) is 17.1 Å². The van der Waals surface area contributed by atoms with Crippen LogP contribution in [0, 0.1) is 0 Å². The van der Waals surface area contributed by atoms with Gasteiger partial charge in [-0.15, -0.1) is 0 Å². The van der Waals surface area contributed by atoms with E-state index in [-0.39, 0.29) is 5.91 Å². The molecular formula is C18H25ClN2O3S. The van der Waals surface area contributed by atoms with Crippen molar-refractivity contribution in [1.82, 2.24) is 5.32 Å².